The zero-order chi connectivity index (χ0) is 11.7. The lowest BCUT2D eigenvalue weighted by Gasteiger charge is -2.17. The van der Waals surface area contributed by atoms with E-state index in [0.29, 0.717) is 11.3 Å². The zero-order valence-corrected chi connectivity index (χ0v) is 10.4. The van der Waals surface area contributed by atoms with E-state index in [0.717, 1.165) is 11.6 Å². The maximum Gasteiger partial charge on any atom is 0.255 e. The molecule has 2 aromatic rings. The maximum absolute atomic E-state index is 5.31. The van der Waals surface area contributed by atoms with Crippen molar-refractivity contribution >= 4 is 11.8 Å². The highest BCUT2D eigenvalue weighted by Crippen LogP contribution is 2.40. The fourth-order valence-electron chi connectivity index (χ4n) is 2.41. The van der Waals surface area contributed by atoms with E-state index in [1.54, 1.807) is 24.2 Å². The number of benzene rings is 1. The van der Waals surface area contributed by atoms with Gasteiger partial charge < -0.3 is 9.73 Å². The molecule has 2 atom stereocenters. The van der Waals surface area contributed by atoms with Gasteiger partial charge in [0.05, 0.1) is 6.20 Å². The van der Waals surface area contributed by atoms with Crippen molar-refractivity contribution in [1.29, 1.82) is 0 Å². The molecule has 0 saturated heterocycles. The Balaban J connectivity index is 1.84. The molecule has 1 N–H and O–H groups in total. The molecular formula is C13H14N2OS. The van der Waals surface area contributed by atoms with Crippen LogP contribution in [0.2, 0.25) is 0 Å². The van der Waals surface area contributed by atoms with Crippen LogP contribution in [0.25, 0.3) is 0 Å². The molecule has 3 nitrogen and oxygen atoms in total. The molecule has 88 valence electrons. The Labute approximate surface area is 105 Å². The molecule has 2 unspecified atom stereocenters. The Hall–Kier alpha value is -1.26. The molecule has 17 heavy (non-hydrogen) atoms. The van der Waals surface area contributed by atoms with Crippen molar-refractivity contribution in [2.75, 3.05) is 7.05 Å². The van der Waals surface area contributed by atoms with Crippen molar-refractivity contribution in [1.82, 2.24) is 10.3 Å². The first-order valence-corrected chi connectivity index (χ1v) is 6.57. The summed E-state index contributed by atoms with van der Waals surface area (Å²) in [6.07, 6.45) is 4.38. The quantitative estimate of drug-likeness (QED) is 0.903. The number of nitrogens with one attached hydrogen (secondary N) is 1. The third-order valence-electron chi connectivity index (χ3n) is 3.16. The second kappa shape index (κ2) is 4.55. The lowest BCUT2D eigenvalue weighted by Crippen LogP contribution is -2.23. The summed E-state index contributed by atoms with van der Waals surface area (Å²) in [6.45, 7) is 0. The number of fused-ring (bicyclic) bond motifs is 1. The Kier molecular flexibility index (Phi) is 2.91. The van der Waals surface area contributed by atoms with Crippen molar-refractivity contribution in [3.05, 3.63) is 47.9 Å². The van der Waals surface area contributed by atoms with Gasteiger partial charge in [-0.05, 0) is 24.6 Å². The first-order valence-electron chi connectivity index (χ1n) is 5.69. The van der Waals surface area contributed by atoms with E-state index < -0.39 is 0 Å². The van der Waals surface area contributed by atoms with Gasteiger partial charge in [-0.1, -0.05) is 36.0 Å². The average molecular weight is 246 g/mol. The summed E-state index contributed by atoms with van der Waals surface area (Å²) in [7, 11) is 2.01. The Morgan fingerprint density at radius 1 is 1.41 bits per heavy atom. The smallest absolute Gasteiger partial charge is 0.255 e. The highest BCUT2D eigenvalue weighted by molar-refractivity contribution is 7.99. The summed E-state index contributed by atoms with van der Waals surface area (Å²) >= 11 is 1.71. The molecule has 1 aliphatic rings. The SMILES string of the molecule is CNC1c2ccccc2CC1Sc1ncco1. The van der Waals surface area contributed by atoms with Crippen molar-refractivity contribution in [2.45, 2.75) is 22.9 Å². The molecule has 0 saturated carbocycles. The predicted octanol–water partition coefficient (Wildman–Crippen LogP) is 2.65. The second-order valence-electron chi connectivity index (χ2n) is 4.12. The highest BCUT2D eigenvalue weighted by Gasteiger charge is 2.32. The first kappa shape index (κ1) is 10.9. The van der Waals surface area contributed by atoms with Crippen LogP contribution in [0.1, 0.15) is 17.2 Å². The van der Waals surface area contributed by atoms with Crippen molar-refractivity contribution in [3.63, 3.8) is 0 Å². The second-order valence-corrected chi connectivity index (χ2v) is 5.31. The van der Waals surface area contributed by atoms with Gasteiger partial charge in [-0.15, -0.1) is 0 Å². The third-order valence-corrected chi connectivity index (χ3v) is 4.30. The van der Waals surface area contributed by atoms with Crippen molar-refractivity contribution < 1.29 is 4.42 Å². The minimum absolute atomic E-state index is 0.378. The minimum Gasteiger partial charge on any atom is -0.440 e. The van der Waals surface area contributed by atoms with Gasteiger partial charge in [0.2, 0.25) is 0 Å². The van der Waals surface area contributed by atoms with Crippen LogP contribution < -0.4 is 5.32 Å². The van der Waals surface area contributed by atoms with Crippen molar-refractivity contribution in [2.24, 2.45) is 0 Å². The summed E-state index contributed by atoms with van der Waals surface area (Å²) in [5, 5.41) is 4.60. The van der Waals surface area contributed by atoms with Gasteiger partial charge in [-0.2, -0.15) is 0 Å². The van der Waals surface area contributed by atoms with Crippen molar-refractivity contribution in [3.8, 4) is 0 Å². The molecule has 0 radical (unpaired) electrons. The Morgan fingerprint density at radius 3 is 3.06 bits per heavy atom. The number of oxazole rings is 1. The largest absolute Gasteiger partial charge is 0.440 e. The maximum atomic E-state index is 5.31. The van der Waals surface area contributed by atoms with Gasteiger partial charge in [-0.25, -0.2) is 4.98 Å². The molecule has 0 bridgehead atoms. The van der Waals surface area contributed by atoms with E-state index in [1.807, 2.05) is 7.05 Å². The fraction of sp³-hybridized carbons (Fsp3) is 0.308. The van der Waals surface area contributed by atoms with Crippen LogP contribution in [0.5, 0.6) is 0 Å². The number of thioether (sulfide) groups is 1. The summed E-state index contributed by atoms with van der Waals surface area (Å²) < 4.78 is 5.31. The van der Waals surface area contributed by atoms with Crippen LogP contribution in [-0.2, 0) is 6.42 Å². The third kappa shape index (κ3) is 1.98. The van der Waals surface area contributed by atoms with Gasteiger partial charge in [0.15, 0.2) is 0 Å². The van der Waals surface area contributed by atoms with Gasteiger partial charge >= 0.3 is 0 Å². The van der Waals surface area contributed by atoms with E-state index in [-0.39, 0.29) is 0 Å². The number of aromatic nitrogens is 1. The summed E-state index contributed by atoms with van der Waals surface area (Å²) in [5.74, 6) is 0. The molecule has 0 aliphatic heterocycles. The number of hydrogen-bond acceptors (Lipinski definition) is 4. The average Bonchev–Trinajstić information content (AvgIpc) is 2.96. The summed E-state index contributed by atoms with van der Waals surface area (Å²) in [6, 6.07) is 8.98. The van der Waals surface area contributed by atoms with Gasteiger partial charge in [0.25, 0.3) is 5.22 Å². The Bertz CT molecular complexity index is 496. The normalized spacial score (nSPS) is 22.6. The van der Waals surface area contributed by atoms with Crippen LogP contribution in [0.15, 0.2) is 46.4 Å². The number of hydrogen-bond donors (Lipinski definition) is 1. The van der Waals surface area contributed by atoms with Gasteiger partial charge in [-0.3, -0.25) is 0 Å². The van der Waals surface area contributed by atoms with Gasteiger partial charge in [0.1, 0.15) is 6.26 Å². The fourth-order valence-corrected chi connectivity index (χ4v) is 3.58. The molecule has 3 rings (SSSR count). The standard InChI is InChI=1S/C13H14N2OS/c1-14-12-10-5-3-2-4-9(10)8-11(12)17-13-15-6-7-16-13/h2-7,11-12,14H,8H2,1H3. The molecule has 0 amide bonds. The van der Waals surface area contributed by atoms with E-state index in [4.69, 9.17) is 4.42 Å². The molecular weight excluding hydrogens is 232 g/mol. The highest BCUT2D eigenvalue weighted by atomic mass is 32.2. The predicted molar refractivity (Wildman–Crippen MR) is 68.1 cm³/mol. The molecule has 1 heterocycles. The van der Waals surface area contributed by atoms with E-state index in [2.05, 4.69) is 34.6 Å². The topological polar surface area (TPSA) is 38.1 Å². The molecule has 0 spiro atoms. The van der Waals surface area contributed by atoms with Crippen LogP contribution in [-0.4, -0.2) is 17.3 Å². The number of nitrogens with zero attached hydrogens (tertiary/aromatic N) is 1. The van der Waals surface area contributed by atoms with Crippen LogP contribution in [0.3, 0.4) is 0 Å². The Morgan fingerprint density at radius 2 is 2.29 bits per heavy atom. The van der Waals surface area contributed by atoms with E-state index in [9.17, 15) is 0 Å². The molecule has 0 fully saturated rings. The van der Waals surface area contributed by atoms with Crippen LogP contribution in [0.4, 0.5) is 0 Å². The van der Waals surface area contributed by atoms with Crippen LogP contribution >= 0.6 is 11.8 Å². The van der Waals surface area contributed by atoms with E-state index >= 15 is 0 Å². The summed E-state index contributed by atoms with van der Waals surface area (Å²) in [4.78, 5) is 4.18. The minimum atomic E-state index is 0.378. The van der Waals surface area contributed by atoms with E-state index in [1.165, 1.54) is 11.1 Å². The zero-order valence-electron chi connectivity index (χ0n) is 9.59. The first-order chi connectivity index (χ1) is 8.38. The molecule has 1 aliphatic carbocycles. The monoisotopic (exact) mass is 246 g/mol. The molecule has 4 heteroatoms. The lowest BCUT2D eigenvalue weighted by atomic mass is 10.1. The number of rotatable bonds is 3. The summed E-state index contributed by atoms with van der Waals surface area (Å²) in [5.41, 5.74) is 2.83. The lowest BCUT2D eigenvalue weighted by molar-refractivity contribution is 0.451. The van der Waals surface area contributed by atoms with Crippen LogP contribution in [0, 0.1) is 0 Å². The molecule has 1 aromatic heterocycles. The van der Waals surface area contributed by atoms with Gasteiger partial charge in [0, 0.05) is 11.3 Å². The molecule has 1 aromatic carbocycles.